The normalized spacial score (nSPS) is 11.4. The Bertz CT molecular complexity index is 695. The molecule has 2 aromatic carbocycles. The summed E-state index contributed by atoms with van der Waals surface area (Å²) in [6.07, 6.45) is 0.324. The number of benzene rings is 2. The summed E-state index contributed by atoms with van der Waals surface area (Å²) in [4.78, 5) is 13.9. The van der Waals surface area contributed by atoms with Crippen molar-refractivity contribution >= 4 is 29.9 Å². The molecule has 0 radical (unpaired) electrons. The molecule has 2 rings (SSSR count). The Kier molecular flexibility index (Phi) is 8.76. The van der Waals surface area contributed by atoms with Crippen molar-refractivity contribution in [1.29, 1.82) is 0 Å². The van der Waals surface area contributed by atoms with Gasteiger partial charge in [-0.05, 0) is 30.7 Å². The van der Waals surface area contributed by atoms with E-state index in [-0.39, 0.29) is 24.4 Å². The molecule has 0 aliphatic heterocycles. The average Bonchev–Trinajstić information content (AvgIpc) is 2.60. The molecule has 1 unspecified atom stereocenters. The fourth-order valence-corrected chi connectivity index (χ4v) is 2.42. The van der Waals surface area contributed by atoms with Gasteiger partial charge in [0.25, 0.3) is 0 Å². The van der Waals surface area contributed by atoms with Gasteiger partial charge in [0, 0.05) is 30.2 Å². The molecule has 2 N–H and O–H groups in total. The van der Waals surface area contributed by atoms with Crippen molar-refractivity contribution in [1.82, 2.24) is 4.90 Å². The van der Waals surface area contributed by atoms with Crippen LogP contribution in [0.2, 0.25) is 5.02 Å². The van der Waals surface area contributed by atoms with Crippen molar-refractivity contribution in [3.05, 3.63) is 64.7 Å². The van der Waals surface area contributed by atoms with Gasteiger partial charge < -0.3 is 15.4 Å². The van der Waals surface area contributed by atoms with Gasteiger partial charge in [-0.1, -0.05) is 41.9 Å². The molecule has 0 aliphatic carbocycles. The molecule has 0 heterocycles. The first-order valence-electron chi connectivity index (χ1n) is 7.92. The van der Waals surface area contributed by atoms with E-state index in [2.05, 4.69) is 0 Å². The zero-order chi connectivity index (χ0) is 17.5. The predicted octanol–water partition coefficient (Wildman–Crippen LogP) is 3.69. The van der Waals surface area contributed by atoms with E-state index in [9.17, 15) is 4.79 Å². The summed E-state index contributed by atoms with van der Waals surface area (Å²) in [7, 11) is 1.78. The lowest BCUT2D eigenvalue weighted by molar-refractivity contribution is -0.130. The standard InChI is InChI=1S/C19H23ClN2O2.ClH/c1-14(12-21)22(2)19(23)11-15-6-5-8-17(10-15)24-13-16-7-3-4-9-18(16)20;/h3-10,14H,11-13,21H2,1-2H3;1H. The van der Waals surface area contributed by atoms with Gasteiger partial charge in [0.2, 0.25) is 5.91 Å². The Morgan fingerprint density at radius 3 is 2.64 bits per heavy atom. The largest absolute Gasteiger partial charge is 0.489 e. The third-order valence-corrected chi connectivity index (χ3v) is 4.37. The molecule has 136 valence electrons. The number of nitrogens with zero attached hydrogens (tertiary/aromatic N) is 1. The van der Waals surface area contributed by atoms with E-state index < -0.39 is 0 Å². The Balaban J connectivity index is 0.00000312. The number of nitrogens with two attached hydrogens (primary N) is 1. The second kappa shape index (κ2) is 10.3. The van der Waals surface area contributed by atoms with Gasteiger partial charge in [-0.2, -0.15) is 0 Å². The summed E-state index contributed by atoms with van der Waals surface area (Å²) in [6, 6.07) is 15.2. The van der Waals surface area contributed by atoms with E-state index in [1.807, 2.05) is 55.5 Å². The first kappa shape index (κ1) is 21.3. The second-order valence-electron chi connectivity index (χ2n) is 5.79. The van der Waals surface area contributed by atoms with Gasteiger partial charge in [-0.3, -0.25) is 4.79 Å². The van der Waals surface area contributed by atoms with Crippen molar-refractivity contribution < 1.29 is 9.53 Å². The fraction of sp³-hybridized carbons (Fsp3) is 0.316. The van der Waals surface area contributed by atoms with Gasteiger partial charge in [0.1, 0.15) is 12.4 Å². The Morgan fingerprint density at radius 2 is 1.96 bits per heavy atom. The summed E-state index contributed by atoms with van der Waals surface area (Å²) in [5.41, 5.74) is 7.45. The van der Waals surface area contributed by atoms with Crippen molar-refractivity contribution in [2.45, 2.75) is 26.0 Å². The summed E-state index contributed by atoms with van der Waals surface area (Å²) < 4.78 is 5.79. The number of halogens is 2. The molecule has 1 amide bonds. The number of rotatable bonds is 7. The maximum Gasteiger partial charge on any atom is 0.227 e. The van der Waals surface area contributed by atoms with Crippen LogP contribution in [-0.2, 0) is 17.8 Å². The number of ether oxygens (including phenoxy) is 1. The van der Waals surface area contributed by atoms with E-state index in [1.165, 1.54) is 0 Å². The quantitative estimate of drug-likeness (QED) is 0.794. The van der Waals surface area contributed by atoms with E-state index in [0.717, 1.165) is 16.9 Å². The number of hydrogen-bond acceptors (Lipinski definition) is 3. The van der Waals surface area contributed by atoms with Gasteiger partial charge >= 0.3 is 0 Å². The maximum atomic E-state index is 12.3. The summed E-state index contributed by atoms with van der Waals surface area (Å²) in [5, 5.41) is 0.682. The zero-order valence-electron chi connectivity index (χ0n) is 14.4. The molecule has 1 atom stereocenters. The topological polar surface area (TPSA) is 55.6 Å². The van der Waals surface area contributed by atoms with Crippen molar-refractivity contribution in [3.8, 4) is 5.75 Å². The molecule has 0 aromatic heterocycles. The highest BCUT2D eigenvalue weighted by Crippen LogP contribution is 2.20. The molecule has 0 aliphatic rings. The highest BCUT2D eigenvalue weighted by Gasteiger charge is 2.15. The van der Waals surface area contributed by atoms with Crippen LogP contribution in [0.3, 0.4) is 0 Å². The smallest absolute Gasteiger partial charge is 0.227 e. The third kappa shape index (κ3) is 6.24. The van der Waals surface area contributed by atoms with Crippen LogP contribution in [0, 0.1) is 0 Å². The molecule has 4 nitrogen and oxygen atoms in total. The molecule has 0 fully saturated rings. The molecule has 6 heteroatoms. The van der Waals surface area contributed by atoms with Crippen molar-refractivity contribution in [2.24, 2.45) is 5.73 Å². The monoisotopic (exact) mass is 382 g/mol. The minimum absolute atomic E-state index is 0. The van der Waals surface area contributed by atoms with Crippen LogP contribution in [0.4, 0.5) is 0 Å². The minimum atomic E-state index is 0. The molecular formula is C19H24Cl2N2O2. The first-order chi connectivity index (χ1) is 11.5. The SMILES string of the molecule is CC(CN)N(C)C(=O)Cc1cccc(OCc2ccccc2Cl)c1.Cl. The van der Waals surface area contributed by atoms with Crippen LogP contribution >= 0.6 is 24.0 Å². The molecule has 0 spiro atoms. The van der Waals surface area contributed by atoms with Crippen LogP contribution in [-0.4, -0.2) is 30.4 Å². The minimum Gasteiger partial charge on any atom is -0.489 e. The lowest BCUT2D eigenvalue weighted by atomic mass is 10.1. The summed E-state index contributed by atoms with van der Waals surface area (Å²) >= 11 is 6.13. The lowest BCUT2D eigenvalue weighted by Gasteiger charge is -2.23. The Hall–Kier alpha value is -1.75. The van der Waals surface area contributed by atoms with Crippen LogP contribution in [0.5, 0.6) is 5.75 Å². The van der Waals surface area contributed by atoms with Crippen molar-refractivity contribution in [3.63, 3.8) is 0 Å². The average molecular weight is 383 g/mol. The Morgan fingerprint density at radius 1 is 1.24 bits per heavy atom. The predicted molar refractivity (Wildman–Crippen MR) is 104 cm³/mol. The lowest BCUT2D eigenvalue weighted by Crippen LogP contribution is -2.40. The molecular weight excluding hydrogens is 359 g/mol. The Labute approximate surface area is 160 Å². The van der Waals surface area contributed by atoms with Gasteiger partial charge in [0.15, 0.2) is 0 Å². The van der Waals surface area contributed by atoms with Gasteiger partial charge in [-0.25, -0.2) is 0 Å². The van der Waals surface area contributed by atoms with E-state index in [0.29, 0.717) is 24.6 Å². The zero-order valence-corrected chi connectivity index (χ0v) is 16.0. The molecule has 2 aromatic rings. The van der Waals surface area contributed by atoms with E-state index in [4.69, 9.17) is 22.1 Å². The summed E-state index contributed by atoms with van der Waals surface area (Å²) in [5.74, 6) is 0.756. The number of amides is 1. The first-order valence-corrected chi connectivity index (χ1v) is 8.30. The molecule has 0 bridgehead atoms. The van der Waals surface area contributed by atoms with Crippen molar-refractivity contribution in [2.75, 3.05) is 13.6 Å². The van der Waals surface area contributed by atoms with Crippen LogP contribution in [0.15, 0.2) is 48.5 Å². The van der Waals surface area contributed by atoms with Crippen LogP contribution in [0.1, 0.15) is 18.1 Å². The molecule has 25 heavy (non-hydrogen) atoms. The number of carbonyl (C=O) groups excluding carboxylic acids is 1. The highest BCUT2D eigenvalue weighted by molar-refractivity contribution is 6.31. The van der Waals surface area contributed by atoms with Gasteiger partial charge in [0.05, 0.1) is 6.42 Å². The van der Waals surface area contributed by atoms with Gasteiger partial charge in [-0.15, -0.1) is 12.4 Å². The summed E-state index contributed by atoms with van der Waals surface area (Å²) in [6.45, 7) is 2.77. The molecule has 0 saturated carbocycles. The van der Waals surface area contributed by atoms with Crippen LogP contribution < -0.4 is 10.5 Å². The van der Waals surface area contributed by atoms with Crippen LogP contribution in [0.25, 0.3) is 0 Å². The number of likely N-dealkylation sites (N-methyl/N-ethyl adjacent to an activating group) is 1. The van der Waals surface area contributed by atoms with E-state index in [1.54, 1.807) is 11.9 Å². The third-order valence-electron chi connectivity index (χ3n) is 4.00. The number of carbonyl (C=O) groups is 1. The van der Waals surface area contributed by atoms with E-state index >= 15 is 0 Å². The molecule has 0 saturated heterocycles. The highest BCUT2D eigenvalue weighted by atomic mass is 35.5. The maximum absolute atomic E-state index is 12.3. The second-order valence-corrected chi connectivity index (χ2v) is 6.20. The number of hydrogen-bond donors (Lipinski definition) is 1. The fourth-order valence-electron chi connectivity index (χ4n) is 2.23.